The molecular weight excluding hydrogens is 285 g/mol. The molecule has 0 aliphatic rings. The molecule has 0 amide bonds. The minimum Gasteiger partial charge on any atom is -0.319 e. The molecule has 1 N–H and O–H groups in total. The van der Waals surface area contributed by atoms with Crippen LogP contribution in [0.4, 0.5) is 0 Å². The highest BCUT2D eigenvalue weighted by Crippen LogP contribution is 2.11. The fourth-order valence-electron chi connectivity index (χ4n) is 1.51. The number of benzene rings is 1. The minimum absolute atomic E-state index is 0.763. The SMILES string of the molecule is CNCC(C)CCc1ccc(I)cc1. The van der Waals surface area contributed by atoms with Gasteiger partial charge in [0, 0.05) is 3.57 Å². The predicted octanol–water partition coefficient (Wildman–Crippen LogP) is 3.08. The summed E-state index contributed by atoms with van der Waals surface area (Å²) in [7, 11) is 2.02. The number of hydrogen-bond donors (Lipinski definition) is 1. The van der Waals surface area contributed by atoms with Gasteiger partial charge in [-0.05, 0) is 72.6 Å². The van der Waals surface area contributed by atoms with Crippen molar-refractivity contribution in [3.05, 3.63) is 33.4 Å². The molecule has 1 unspecified atom stereocenters. The molecule has 1 rings (SSSR count). The lowest BCUT2D eigenvalue weighted by Crippen LogP contribution is -2.16. The van der Waals surface area contributed by atoms with Crippen molar-refractivity contribution in [2.45, 2.75) is 19.8 Å². The van der Waals surface area contributed by atoms with Crippen LogP contribution >= 0.6 is 22.6 Å². The van der Waals surface area contributed by atoms with Gasteiger partial charge >= 0.3 is 0 Å². The Hall–Kier alpha value is -0.0900. The average molecular weight is 303 g/mol. The van der Waals surface area contributed by atoms with Gasteiger partial charge in [-0.25, -0.2) is 0 Å². The maximum atomic E-state index is 3.21. The van der Waals surface area contributed by atoms with E-state index >= 15 is 0 Å². The molecule has 0 bridgehead atoms. The highest BCUT2D eigenvalue weighted by atomic mass is 127. The molecule has 1 aromatic carbocycles. The van der Waals surface area contributed by atoms with E-state index in [-0.39, 0.29) is 0 Å². The first-order chi connectivity index (χ1) is 6.72. The van der Waals surface area contributed by atoms with E-state index in [1.165, 1.54) is 22.0 Å². The van der Waals surface area contributed by atoms with Crippen molar-refractivity contribution >= 4 is 22.6 Å². The average Bonchev–Trinajstić information content (AvgIpc) is 2.17. The first kappa shape index (κ1) is 12.0. The van der Waals surface area contributed by atoms with Crippen LogP contribution in [0.3, 0.4) is 0 Å². The zero-order valence-corrected chi connectivity index (χ0v) is 11.0. The molecule has 0 spiro atoms. The molecule has 0 aliphatic carbocycles. The van der Waals surface area contributed by atoms with Crippen LogP contribution in [-0.2, 0) is 6.42 Å². The zero-order valence-electron chi connectivity index (χ0n) is 8.89. The van der Waals surface area contributed by atoms with Crippen molar-refractivity contribution in [2.24, 2.45) is 5.92 Å². The van der Waals surface area contributed by atoms with E-state index in [0.29, 0.717) is 0 Å². The molecule has 0 saturated carbocycles. The summed E-state index contributed by atoms with van der Waals surface area (Å²) in [4.78, 5) is 0. The third-order valence-electron chi connectivity index (χ3n) is 2.39. The smallest absolute Gasteiger partial charge is 0.0130 e. The summed E-state index contributed by atoms with van der Waals surface area (Å²) in [6.45, 7) is 3.41. The number of aryl methyl sites for hydroxylation is 1. The van der Waals surface area contributed by atoms with Crippen molar-refractivity contribution in [2.75, 3.05) is 13.6 Å². The van der Waals surface area contributed by atoms with Crippen LogP contribution in [0.25, 0.3) is 0 Å². The van der Waals surface area contributed by atoms with Crippen LogP contribution in [0.5, 0.6) is 0 Å². The maximum absolute atomic E-state index is 3.21. The van der Waals surface area contributed by atoms with Gasteiger partial charge in [0.15, 0.2) is 0 Å². The van der Waals surface area contributed by atoms with Crippen LogP contribution in [0.15, 0.2) is 24.3 Å². The third-order valence-corrected chi connectivity index (χ3v) is 3.11. The largest absolute Gasteiger partial charge is 0.319 e. The Morgan fingerprint density at radius 2 is 1.93 bits per heavy atom. The molecule has 0 aromatic heterocycles. The zero-order chi connectivity index (χ0) is 10.4. The standard InChI is InChI=1S/C12H18IN/c1-10(9-14-2)3-4-11-5-7-12(13)8-6-11/h5-8,10,14H,3-4,9H2,1-2H3. The molecule has 1 aromatic rings. The van der Waals surface area contributed by atoms with Gasteiger partial charge in [-0.15, -0.1) is 0 Å². The van der Waals surface area contributed by atoms with Crippen LogP contribution < -0.4 is 5.32 Å². The predicted molar refractivity (Wildman–Crippen MR) is 70.6 cm³/mol. The molecule has 1 atom stereocenters. The molecule has 0 radical (unpaired) electrons. The highest BCUT2D eigenvalue weighted by molar-refractivity contribution is 14.1. The molecule has 1 nitrogen and oxygen atoms in total. The summed E-state index contributed by atoms with van der Waals surface area (Å²) in [5.74, 6) is 0.763. The van der Waals surface area contributed by atoms with E-state index in [0.717, 1.165) is 12.5 Å². The molecule has 0 saturated heterocycles. The quantitative estimate of drug-likeness (QED) is 0.824. The van der Waals surface area contributed by atoms with Gasteiger partial charge in [-0.2, -0.15) is 0 Å². The topological polar surface area (TPSA) is 12.0 Å². The van der Waals surface area contributed by atoms with Gasteiger partial charge in [0.2, 0.25) is 0 Å². The molecule has 78 valence electrons. The first-order valence-electron chi connectivity index (χ1n) is 5.11. The van der Waals surface area contributed by atoms with E-state index in [2.05, 4.69) is 59.1 Å². The molecule has 0 heterocycles. The van der Waals surface area contributed by atoms with Crippen molar-refractivity contribution < 1.29 is 0 Å². The summed E-state index contributed by atoms with van der Waals surface area (Å²) in [6, 6.07) is 8.82. The van der Waals surface area contributed by atoms with E-state index in [1.807, 2.05) is 7.05 Å². The lowest BCUT2D eigenvalue weighted by molar-refractivity contribution is 0.505. The Morgan fingerprint density at radius 3 is 2.50 bits per heavy atom. The number of nitrogens with one attached hydrogen (secondary N) is 1. The van der Waals surface area contributed by atoms with Gasteiger partial charge < -0.3 is 5.32 Å². The Bertz CT molecular complexity index is 256. The van der Waals surface area contributed by atoms with E-state index in [1.54, 1.807) is 0 Å². The molecule has 14 heavy (non-hydrogen) atoms. The Balaban J connectivity index is 2.34. The lowest BCUT2D eigenvalue weighted by Gasteiger charge is -2.10. The Labute approximate surface area is 100 Å². The normalized spacial score (nSPS) is 12.8. The van der Waals surface area contributed by atoms with Crippen molar-refractivity contribution in [3.8, 4) is 0 Å². The van der Waals surface area contributed by atoms with Crippen LogP contribution in [0.1, 0.15) is 18.9 Å². The number of rotatable bonds is 5. The van der Waals surface area contributed by atoms with Crippen LogP contribution in [0.2, 0.25) is 0 Å². The fraction of sp³-hybridized carbons (Fsp3) is 0.500. The summed E-state index contributed by atoms with van der Waals surface area (Å²) in [5.41, 5.74) is 1.45. The van der Waals surface area contributed by atoms with Gasteiger partial charge in [-0.3, -0.25) is 0 Å². The number of hydrogen-bond acceptors (Lipinski definition) is 1. The van der Waals surface area contributed by atoms with Crippen LogP contribution in [0, 0.1) is 9.49 Å². The van der Waals surface area contributed by atoms with E-state index < -0.39 is 0 Å². The molecular formula is C12H18IN. The maximum Gasteiger partial charge on any atom is 0.0130 e. The van der Waals surface area contributed by atoms with Crippen LogP contribution in [-0.4, -0.2) is 13.6 Å². The van der Waals surface area contributed by atoms with Crippen molar-refractivity contribution in [1.29, 1.82) is 0 Å². The summed E-state index contributed by atoms with van der Waals surface area (Å²) < 4.78 is 1.31. The monoisotopic (exact) mass is 303 g/mol. The van der Waals surface area contributed by atoms with Gasteiger partial charge in [0.1, 0.15) is 0 Å². The Kier molecular flexibility index (Phi) is 5.48. The minimum atomic E-state index is 0.763. The van der Waals surface area contributed by atoms with E-state index in [4.69, 9.17) is 0 Å². The van der Waals surface area contributed by atoms with Gasteiger partial charge in [0.05, 0.1) is 0 Å². The second-order valence-electron chi connectivity index (χ2n) is 3.83. The Morgan fingerprint density at radius 1 is 1.29 bits per heavy atom. The van der Waals surface area contributed by atoms with E-state index in [9.17, 15) is 0 Å². The lowest BCUT2D eigenvalue weighted by atomic mass is 10.0. The van der Waals surface area contributed by atoms with Crippen molar-refractivity contribution in [1.82, 2.24) is 5.32 Å². The third kappa shape index (κ3) is 4.42. The molecule has 0 fully saturated rings. The van der Waals surface area contributed by atoms with Crippen molar-refractivity contribution in [3.63, 3.8) is 0 Å². The fourth-order valence-corrected chi connectivity index (χ4v) is 1.87. The second-order valence-corrected chi connectivity index (χ2v) is 5.07. The number of halogens is 1. The highest BCUT2D eigenvalue weighted by Gasteiger charge is 2.00. The summed E-state index contributed by atoms with van der Waals surface area (Å²) >= 11 is 2.34. The molecule has 0 aliphatic heterocycles. The van der Waals surface area contributed by atoms with Gasteiger partial charge in [-0.1, -0.05) is 19.1 Å². The summed E-state index contributed by atoms with van der Waals surface area (Å²) in [6.07, 6.45) is 2.46. The van der Waals surface area contributed by atoms with Gasteiger partial charge in [0.25, 0.3) is 0 Å². The second kappa shape index (κ2) is 6.40. The summed E-state index contributed by atoms with van der Waals surface area (Å²) in [5, 5.41) is 3.21. The molecule has 2 heteroatoms. The first-order valence-corrected chi connectivity index (χ1v) is 6.19.